The second-order valence-corrected chi connectivity index (χ2v) is 8.45. The summed E-state index contributed by atoms with van der Waals surface area (Å²) in [6.07, 6.45) is 3.39. The van der Waals surface area contributed by atoms with Gasteiger partial charge >= 0.3 is 0 Å². The third-order valence-corrected chi connectivity index (χ3v) is 6.72. The zero-order valence-electron chi connectivity index (χ0n) is 16.8. The number of carbonyl (C=O) groups excluding carboxylic acids is 1. The van der Waals surface area contributed by atoms with E-state index in [4.69, 9.17) is 9.47 Å². The summed E-state index contributed by atoms with van der Waals surface area (Å²) in [5, 5.41) is 12.4. The maximum absolute atomic E-state index is 13.4. The molecule has 3 atom stereocenters. The number of aliphatic hydroxyl groups excluding tert-OH is 1. The van der Waals surface area contributed by atoms with Crippen molar-refractivity contribution in [3.8, 4) is 5.75 Å². The van der Waals surface area contributed by atoms with Gasteiger partial charge in [0.05, 0.1) is 23.8 Å². The summed E-state index contributed by atoms with van der Waals surface area (Å²) in [5.41, 5.74) is 1.76. The fourth-order valence-corrected chi connectivity index (χ4v) is 5.12. The lowest BCUT2D eigenvalue weighted by Crippen LogP contribution is -2.48. The predicted molar refractivity (Wildman–Crippen MR) is 110 cm³/mol. The summed E-state index contributed by atoms with van der Waals surface area (Å²) < 4.78 is 11.6. The summed E-state index contributed by atoms with van der Waals surface area (Å²) in [4.78, 5) is 17.5. The number of nitrogens with zero attached hydrogens (tertiary/aromatic N) is 2. The summed E-state index contributed by atoms with van der Waals surface area (Å²) in [5.74, 6) is 0.648. The number of benzene rings is 2. The van der Waals surface area contributed by atoms with Gasteiger partial charge in [0.25, 0.3) is 5.91 Å². The van der Waals surface area contributed by atoms with E-state index in [1.165, 1.54) is 0 Å². The maximum atomic E-state index is 13.4. The largest absolute Gasteiger partial charge is 0.472 e. The van der Waals surface area contributed by atoms with Crippen molar-refractivity contribution >= 4 is 16.7 Å². The van der Waals surface area contributed by atoms with E-state index in [2.05, 4.69) is 11.0 Å². The second-order valence-electron chi connectivity index (χ2n) is 8.45. The van der Waals surface area contributed by atoms with Crippen LogP contribution in [0.4, 0.5) is 0 Å². The molecule has 2 aliphatic heterocycles. The van der Waals surface area contributed by atoms with Crippen molar-refractivity contribution in [1.29, 1.82) is 0 Å². The highest BCUT2D eigenvalue weighted by molar-refractivity contribution is 6.06. The van der Waals surface area contributed by atoms with Gasteiger partial charge in [-0.2, -0.15) is 0 Å². The molecule has 1 saturated heterocycles. The molecule has 3 aliphatic rings. The number of rotatable bonds is 4. The zero-order valence-corrected chi connectivity index (χ0v) is 16.8. The standard InChI is InChI=1S/C23H28N2O4/c1-28-16-9-10-24(13-16)12-15-11-19-22(18-6-3-2-5-17(15)18)29-14-25(23(19)27)20-7-4-8-21(20)26/h2-3,5-6,11,16,20-21,26H,4,7-10,12-14H2,1H3/t16?,20?,21-/m0/s1. The van der Waals surface area contributed by atoms with Crippen LogP contribution in [0, 0.1) is 0 Å². The van der Waals surface area contributed by atoms with E-state index in [1.807, 2.05) is 24.3 Å². The van der Waals surface area contributed by atoms with E-state index in [1.54, 1.807) is 12.0 Å². The SMILES string of the molecule is COC1CCN(Cc2cc3c(c4ccccc24)OCN(C2CCC[C@@H]2O)C3=O)C1. The molecule has 1 aliphatic carbocycles. The molecule has 1 amide bonds. The van der Waals surface area contributed by atoms with Gasteiger partial charge in [0.2, 0.25) is 0 Å². The Morgan fingerprint density at radius 1 is 1.21 bits per heavy atom. The van der Waals surface area contributed by atoms with E-state index >= 15 is 0 Å². The van der Waals surface area contributed by atoms with Crippen LogP contribution in [-0.4, -0.2) is 66.0 Å². The Morgan fingerprint density at radius 3 is 2.76 bits per heavy atom. The average Bonchev–Trinajstić information content (AvgIpc) is 3.37. The Morgan fingerprint density at radius 2 is 2.03 bits per heavy atom. The maximum Gasteiger partial charge on any atom is 0.260 e. The van der Waals surface area contributed by atoms with Crippen molar-refractivity contribution in [2.45, 2.75) is 50.5 Å². The highest BCUT2D eigenvalue weighted by atomic mass is 16.5. The molecule has 2 fully saturated rings. The van der Waals surface area contributed by atoms with Crippen LogP contribution in [0.3, 0.4) is 0 Å². The molecule has 6 heteroatoms. The van der Waals surface area contributed by atoms with Crippen LogP contribution in [-0.2, 0) is 11.3 Å². The minimum Gasteiger partial charge on any atom is -0.472 e. The normalized spacial score (nSPS) is 27.4. The molecule has 0 aromatic heterocycles. The van der Waals surface area contributed by atoms with E-state index in [0.717, 1.165) is 61.7 Å². The van der Waals surface area contributed by atoms with Crippen LogP contribution in [0.1, 0.15) is 41.6 Å². The first kappa shape index (κ1) is 18.9. The first-order chi connectivity index (χ1) is 14.2. The predicted octanol–water partition coefficient (Wildman–Crippen LogP) is 2.77. The van der Waals surface area contributed by atoms with Gasteiger partial charge in [-0.3, -0.25) is 14.6 Å². The van der Waals surface area contributed by atoms with Gasteiger partial charge in [-0.15, -0.1) is 0 Å². The smallest absolute Gasteiger partial charge is 0.260 e. The minimum atomic E-state index is -0.459. The van der Waals surface area contributed by atoms with Gasteiger partial charge in [0.15, 0.2) is 6.73 Å². The van der Waals surface area contributed by atoms with Gasteiger partial charge in [0.1, 0.15) is 5.75 Å². The molecular formula is C23H28N2O4. The van der Waals surface area contributed by atoms with Gasteiger partial charge in [-0.05, 0) is 42.7 Å². The second kappa shape index (κ2) is 7.59. The van der Waals surface area contributed by atoms with Gasteiger partial charge in [0, 0.05) is 32.1 Å². The van der Waals surface area contributed by atoms with Crippen molar-refractivity contribution < 1.29 is 19.4 Å². The monoisotopic (exact) mass is 396 g/mol. The van der Waals surface area contributed by atoms with Crippen LogP contribution < -0.4 is 4.74 Å². The van der Waals surface area contributed by atoms with Gasteiger partial charge in [-0.1, -0.05) is 24.3 Å². The average molecular weight is 396 g/mol. The third kappa shape index (κ3) is 3.29. The molecule has 2 heterocycles. The summed E-state index contributed by atoms with van der Waals surface area (Å²) >= 11 is 0. The Labute approximate surface area is 171 Å². The lowest BCUT2D eigenvalue weighted by Gasteiger charge is -2.35. The van der Waals surface area contributed by atoms with Crippen LogP contribution in [0.25, 0.3) is 10.8 Å². The highest BCUT2D eigenvalue weighted by Crippen LogP contribution is 2.38. The summed E-state index contributed by atoms with van der Waals surface area (Å²) in [7, 11) is 1.77. The number of likely N-dealkylation sites (tertiary alicyclic amines) is 1. The number of hydrogen-bond donors (Lipinski definition) is 1. The molecule has 2 aromatic rings. The Bertz CT molecular complexity index is 930. The Hall–Kier alpha value is -2.15. The van der Waals surface area contributed by atoms with Crippen molar-refractivity contribution in [2.24, 2.45) is 0 Å². The zero-order chi connectivity index (χ0) is 20.0. The molecule has 0 radical (unpaired) electrons. The first-order valence-corrected chi connectivity index (χ1v) is 10.6. The van der Waals surface area contributed by atoms with E-state index in [0.29, 0.717) is 11.3 Å². The highest BCUT2D eigenvalue weighted by Gasteiger charge is 2.38. The Kier molecular flexibility index (Phi) is 4.94. The van der Waals surface area contributed by atoms with Crippen molar-refractivity contribution in [3.05, 3.63) is 41.5 Å². The number of hydrogen-bond acceptors (Lipinski definition) is 5. The van der Waals surface area contributed by atoms with Crippen LogP contribution >= 0.6 is 0 Å². The number of amides is 1. The minimum absolute atomic E-state index is 0.0274. The molecular weight excluding hydrogens is 368 g/mol. The van der Waals surface area contributed by atoms with Crippen LogP contribution in [0.2, 0.25) is 0 Å². The lowest BCUT2D eigenvalue weighted by atomic mass is 9.97. The first-order valence-electron chi connectivity index (χ1n) is 10.6. The van der Waals surface area contributed by atoms with Crippen molar-refractivity contribution in [2.75, 3.05) is 26.9 Å². The van der Waals surface area contributed by atoms with Crippen molar-refractivity contribution in [1.82, 2.24) is 9.80 Å². The van der Waals surface area contributed by atoms with Crippen molar-refractivity contribution in [3.63, 3.8) is 0 Å². The number of aliphatic hydroxyl groups is 1. The van der Waals surface area contributed by atoms with Crippen LogP contribution in [0.5, 0.6) is 5.75 Å². The van der Waals surface area contributed by atoms with E-state index < -0.39 is 6.10 Å². The quantitative estimate of drug-likeness (QED) is 0.861. The molecule has 0 bridgehead atoms. The summed E-state index contributed by atoms with van der Waals surface area (Å²) in [6.45, 7) is 2.90. The fourth-order valence-electron chi connectivity index (χ4n) is 5.12. The molecule has 6 nitrogen and oxygen atoms in total. The molecule has 2 unspecified atom stereocenters. The molecule has 0 spiro atoms. The molecule has 29 heavy (non-hydrogen) atoms. The number of fused-ring (bicyclic) bond motifs is 3. The molecule has 5 rings (SSSR count). The number of ether oxygens (including phenoxy) is 2. The topological polar surface area (TPSA) is 62.2 Å². The third-order valence-electron chi connectivity index (χ3n) is 6.72. The number of methoxy groups -OCH3 is 1. The van der Waals surface area contributed by atoms with E-state index in [-0.39, 0.29) is 24.8 Å². The molecule has 1 N–H and O–H groups in total. The summed E-state index contributed by atoms with van der Waals surface area (Å²) in [6, 6.07) is 10.0. The lowest BCUT2D eigenvalue weighted by molar-refractivity contribution is 0.0132. The fraction of sp³-hybridized carbons (Fsp3) is 0.522. The van der Waals surface area contributed by atoms with E-state index in [9.17, 15) is 9.90 Å². The van der Waals surface area contributed by atoms with Gasteiger partial charge in [-0.25, -0.2) is 0 Å². The molecule has 2 aromatic carbocycles. The van der Waals surface area contributed by atoms with Crippen LogP contribution in [0.15, 0.2) is 30.3 Å². The number of carbonyl (C=O) groups is 1. The molecule has 154 valence electrons. The van der Waals surface area contributed by atoms with Gasteiger partial charge < -0.3 is 14.6 Å². The molecule has 1 saturated carbocycles. The Balaban J connectivity index is 1.51.